The summed E-state index contributed by atoms with van der Waals surface area (Å²) in [7, 11) is 0. The Hall–Kier alpha value is -1.74. The van der Waals surface area contributed by atoms with Gasteiger partial charge in [0.15, 0.2) is 0 Å². The number of fused-ring (bicyclic) bond motifs is 5. The van der Waals surface area contributed by atoms with Gasteiger partial charge < -0.3 is 9.40 Å². The zero-order chi connectivity index (χ0) is 11.4. The van der Waals surface area contributed by atoms with Gasteiger partial charge in [-0.1, -0.05) is 34.1 Å². The van der Waals surface area contributed by atoms with E-state index in [0.29, 0.717) is 0 Å². The molecule has 4 aromatic rings. The van der Waals surface area contributed by atoms with E-state index < -0.39 is 0 Å². The van der Waals surface area contributed by atoms with Gasteiger partial charge in [-0.25, -0.2) is 0 Å². The second-order valence-corrected chi connectivity index (χ2v) is 5.03. The highest BCUT2D eigenvalue weighted by Crippen LogP contribution is 2.35. The van der Waals surface area contributed by atoms with Crippen molar-refractivity contribution in [3.8, 4) is 0 Å². The predicted molar refractivity (Wildman–Crippen MR) is 73.3 cm³/mol. The summed E-state index contributed by atoms with van der Waals surface area (Å²) in [5, 5.41) is 3.53. The SMILES string of the molecule is Brc1ccc2c(c1)oc1[nH]c3ccccc3c12. The van der Waals surface area contributed by atoms with Crippen LogP contribution in [-0.4, -0.2) is 4.98 Å². The minimum Gasteiger partial charge on any atom is -0.440 e. The van der Waals surface area contributed by atoms with Crippen molar-refractivity contribution in [3.63, 3.8) is 0 Å². The molecule has 0 aliphatic heterocycles. The summed E-state index contributed by atoms with van der Waals surface area (Å²) < 4.78 is 6.87. The number of nitrogens with one attached hydrogen (secondary N) is 1. The fourth-order valence-electron chi connectivity index (χ4n) is 2.36. The van der Waals surface area contributed by atoms with E-state index in [9.17, 15) is 0 Å². The average molecular weight is 286 g/mol. The van der Waals surface area contributed by atoms with Crippen LogP contribution < -0.4 is 0 Å². The fraction of sp³-hybridized carbons (Fsp3) is 0. The van der Waals surface area contributed by atoms with Gasteiger partial charge in [0.2, 0.25) is 5.71 Å². The number of benzene rings is 2. The van der Waals surface area contributed by atoms with Crippen LogP contribution in [0.4, 0.5) is 0 Å². The van der Waals surface area contributed by atoms with E-state index >= 15 is 0 Å². The topological polar surface area (TPSA) is 28.9 Å². The lowest BCUT2D eigenvalue weighted by Gasteiger charge is -1.92. The first kappa shape index (κ1) is 9.31. The lowest BCUT2D eigenvalue weighted by Crippen LogP contribution is -1.68. The van der Waals surface area contributed by atoms with Crippen LogP contribution in [0.15, 0.2) is 51.4 Å². The largest absolute Gasteiger partial charge is 0.440 e. The van der Waals surface area contributed by atoms with Gasteiger partial charge in [0.25, 0.3) is 0 Å². The highest BCUT2D eigenvalue weighted by atomic mass is 79.9. The highest BCUT2D eigenvalue weighted by Gasteiger charge is 2.12. The normalized spacial score (nSPS) is 11.8. The minimum atomic E-state index is 0.847. The molecular formula is C14H8BrNO. The van der Waals surface area contributed by atoms with Gasteiger partial charge in [-0.2, -0.15) is 0 Å². The summed E-state index contributed by atoms with van der Waals surface area (Å²) in [6, 6.07) is 14.4. The Kier molecular flexibility index (Phi) is 1.72. The van der Waals surface area contributed by atoms with E-state index in [2.05, 4.69) is 39.1 Å². The quantitative estimate of drug-likeness (QED) is 0.493. The van der Waals surface area contributed by atoms with Crippen LogP contribution in [-0.2, 0) is 0 Å². The third-order valence-electron chi connectivity index (χ3n) is 3.10. The molecule has 4 rings (SSSR count). The molecule has 82 valence electrons. The zero-order valence-corrected chi connectivity index (χ0v) is 10.4. The third-order valence-corrected chi connectivity index (χ3v) is 3.59. The van der Waals surface area contributed by atoms with Gasteiger partial charge >= 0.3 is 0 Å². The number of hydrogen-bond donors (Lipinski definition) is 1. The monoisotopic (exact) mass is 285 g/mol. The van der Waals surface area contributed by atoms with E-state index in [0.717, 1.165) is 26.7 Å². The Bertz CT molecular complexity index is 856. The Morgan fingerprint density at radius 3 is 2.82 bits per heavy atom. The van der Waals surface area contributed by atoms with E-state index in [4.69, 9.17) is 4.42 Å². The maximum Gasteiger partial charge on any atom is 0.206 e. The van der Waals surface area contributed by atoms with Crippen LogP contribution in [0.5, 0.6) is 0 Å². The van der Waals surface area contributed by atoms with Crippen molar-refractivity contribution in [2.45, 2.75) is 0 Å². The van der Waals surface area contributed by atoms with Crippen LogP contribution in [0, 0.1) is 0 Å². The van der Waals surface area contributed by atoms with E-state index in [1.807, 2.05) is 24.3 Å². The maximum absolute atomic E-state index is 5.83. The second-order valence-electron chi connectivity index (χ2n) is 4.12. The van der Waals surface area contributed by atoms with Crippen molar-refractivity contribution in [1.82, 2.24) is 4.98 Å². The van der Waals surface area contributed by atoms with Gasteiger partial charge in [-0.15, -0.1) is 0 Å². The molecule has 0 fully saturated rings. The number of hydrogen-bond acceptors (Lipinski definition) is 1. The number of aromatic amines is 1. The number of H-pyrrole nitrogens is 1. The molecule has 0 amide bonds. The molecule has 0 bridgehead atoms. The highest BCUT2D eigenvalue weighted by molar-refractivity contribution is 9.10. The lowest BCUT2D eigenvalue weighted by molar-refractivity contribution is 0.657. The molecule has 0 aliphatic carbocycles. The molecular weight excluding hydrogens is 278 g/mol. The van der Waals surface area contributed by atoms with E-state index in [1.54, 1.807) is 0 Å². The zero-order valence-electron chi connectivity index (χ0n) is 8.83. The summed E-state index contributed by atoms with van der Waals surface area (Å²) in [5.41, 5.74) is 2.87. The van der Waals surface area contributed by atoms with Gasteiger partial charge in [-0.3, -0.25) is 0 Å². The molecule has 0 aliphatic rings. The summed E-state index contributed by atoms with van der Waals surface area (Å²) in [6.07, 6.45) is 0. The molecule has 2 aromatic carbocycles. The molecule has 17 heavy (non-hydrogen) atoms. The van der Waals surface area contributed by atoms with Crippen LogP contribution in [0.25, 0.3) is 33.0 Å². The summed E-state index contributed by atoms with van der Waals surface area (Å²) in [4.78, 5) is 3.30. The number of halogens is 1. The molecule has 2 heterocycles. The summed E-state index contributed by atoms with van der Waals surface area (Å²) in [5.74, 6) is 0. The molecule has 0 unspecified atom stereocenters. The Morgan fingerprint density at radius 2 is 1.88 bits per heavy atom. The van der Waals surface area contributed by atoms with Crippen molar-refractivity contribution in [2.24, 2.45) is 0 Å². The van der Waals surface area contributed by atoms with E-state index in [1.165, 1.54) is 10.8 Å². The summed E-state index contributed by atoms with van der Waals surface area (Å²) in [6.45, 7) is 0. The molecule has 1 N–H and O–H groups in total. The predicted octanol–water partition coefficient (Wildman–Crippen LogP) is 4.83. The molecule has 3 heteroatoms. The molecule has 0 radical (unpaired) electrons. The fourth-order valence-corrected chi connectivity index (χ4v) is 2.70. The van der Waals surface area contributed by atoms with Crippen molar-refractivity contribution in [2.75, 3.05) is 0 Å². The van der Waals surface area contributed by atoms with Crippen LogP contribution in [0.3, 0.4) is 0 Å². The van der Waals surface area contributed by atoms with Crippen molar-refractivity contribution in [1.29, 1.82) is 0 Å². The van der Waals surface area contributed by atoms with Crippen LogP contribution in [0.1, 0.15) is 0 Å². The number of para-hydroxylation sites is 1. The van der Waals surface area contributed by atoms with Gasteiger partial charge in [0.1, 0.15) is 5.58 Å². The number of aromatic nitrogens is 1. The average Bonchev–Trinajstić information content (AvgIpc) is 2.83. The van der Waals surface area contributed by atoms with E-state index in [-0.39, 0.29) is 0 Å². The first-order chi connectivity index (χ1) is 8.33. The Morgan fingerprint density at radius 1 is 1.00 bits per heavy atom. The first-order valence-corrected chi connectivity index (χ1v) is 6.21. The number of rotatable bonds is 0. The van der Waals surface area contributed by atoms with Crippen molar-refractivity contribution < 1.29 is 4.42 Å². The van der Waals surface area contributed by atoms with Gasteiger partial charge in [-0.05, 0) is 24.3 Å². The third kappa shape index (κ3) is 1.20. The molecule has 2 nitrogen and oxygen atoms in total. The second kappa shape index (κ2) is 3.14. The molecule has 2 aromatic heterocycles. The van der Waals surface area contributed by atoms with Gasteiger partial charge in [0, 0.05) is 20.8 Å². The Labute approximate surface area is 105 Å². The maximum atomic E-state index is 5.83. The molecule has 0 saturated carbocycles. The standard InChI is InChI=1S/C14H8BrNO/c15-8-5-6-10-12(7-8)17-14-13(10)9-3-1-2-4-11(9)16-14/h1-7,16H. The number of furan rings is 1. The Balaban J connectivity index is 2.31. The van der Waals surface area contributed by atoms with Crippen LogP contribution in [0.2, 0.25) is 0 Å². The van der Waals surface area contributed by atoms with Crippen LogP contribution >= 0.6 is 15.9 Å². The van der Waals surface area contributed by atoms with Crippen molar-refractivity contribution >= 4 is 48.9 Å². The summed E-state index contributed by atoms with van der Waals surface area (Å²) >= 11 is 3.46. The molecule has 0 saturated heterocycles. The first-order valence-electron chi connectivity index (χ1n) is 5.41. The van der Waals surface area contributed by atoms with Gasteiger partial charge in [0.05, 0.1) is 5.39 Å². The lowest BCUT2D eigenvalue weighted by atomic mass is 10.1. The smallest absolute Gasteiger partial charge is 0.206 e. The molecule has 0 spiro atoms. The minimum absolute atomic E-state index is 0.847. The molecule has 0 atom stereocenters. The van der Waals surface area contributed by atoms with Crippen molar-refractivity contribution in [3.05, 3.63) is 46.9 Å².